The van der Waals surface area contributed by atoms with Crippen LogP contribution < -0.4 is 15.4 Å². The molecule has 1 aromatic heterocycles. The van der Waals surface area contributed by atoms with Crippen LogP contribution in [0.5, 0.6) is 5.75 Å². The van der Waals surface area contributed by atoms with E-state index in [1.807, 2.05) is 30.3 Å². The standard InChI is InChI=1S/C23H26N4O2/c1-15-24-20(22(28)26-16-9-8-10-17(13-16)29-5)14-21(25-15)27-19-12-7-6-11-18(19)23(2,3)4/h6-14H,1-5H3,(H,26,28)(H,24,25,27). The summed E-state index contributed by atoms with van der Waals surface area (Å²) in [6, 6.07) is 16.9. The molecule has 0 aliphatic heterocycles. The molecule has 0 spiro atoms. The number of amides is 1. The summed E-state index contributed by atoms with van der Waals surface area (Å²) in [7, 11) is 1.59. The van der Waals surface area contributed by atoms with Crippen molar-refractivity contribution in [3.05, 3.63) is 71.7 Å². The quantitative estimate of drug-likeness (QED) is 0.635. The number of aromatic nitrogens is 2. The Morgan fingerprint density at radius 1 is 1.00 bits per heavy atom. The summed E-state index contributed by atoms with van der Waals surface area (Å²) in [5.41, 5.74) is 3.02. The fourth-order valence-electron chi connectivity index (χ4n) is 3.03. The Kier molecular flexibility index (Phi) is 5.82. The van der Waals surface area contributed by atoms with Gasteiger partial charge < -0.3 is 15.4 Å². The van der Waals surface area contributed by atoms with E-state index in [1.165, 1.54) is 5.56 Å². The number of nitrogens with zero attached hydrogens (tertiary/aromatic N) is 2. The molecule has 1 amide bonds. The molecule has 3 rings (SSSR count). The average Bonchev–Trinajstić information content (AvgIpc) is 2.67. The van der Waals surface area contributed by atoms with Crippen molar-refractivity contribution in [3.8, 4) is 5.75 Å². The lowest BCUT2D eigenvalue weighted by atomic mass is 9.86. The highest BCUT2D eigenvalue weighted by molar-refractivity contribution is 6.03. The number of para-hydroxylation sites is 1. The Balaban J connectivity index is 1.86. The van der Waals surface area contributed by atoms with Gasteiger partial charge >= 0.3 is 0 Å². The molecule has 0 bridgehead atoms. The third-order valence-electron chi connectivity index (χ3n) is 4.40. The third-order valence-corrected chi connectivity index (χ3v) is 4.40. The van der Waals surface area contributed by atoms with Gasteiger partial charge in [-0.15, -0.1) is 0 Å². The molecule has 0 saturated carbocycles. The molecule has 1 heterocycles. The number of hydrogen-bond acceptors (Lipinski definition) is 5. The monoisotopic (exact) mass is 390 g/mol. The summed E-state index contributed by atoms with van der Waals surface area (Å²) in [5.74, 6) is 1.45. The van der Waals surface area contributed by atoms with Gasteiger partial charge in [-0.1, -0.05) is 45.0 Å². The largest absolute Gasteiger partial charge is 0.497 e. The maximum Gasteiger partial charge on any atom is 0.274 e. The summed E-state index contributed by atoms with van der Waals surface area (Å²) in [4.78, 5) is 21.5. The Morgan fingerprint density at radius 3 is 2.48 bits per heavy atom. The second kappa shape index (κ2) is 8.31. The highest BCUT2D eigenvalue weighted by atomic mass is 16.5. The summed E-state index contributed by atoms with van der Waals surface area (Å²) < 4.78 is 5.20. The fourth-order valence-corrected chi connectivity index (χ4v) is 3.03. The van der Waals surface area contributed by atoms with E-state index in [2.05, 4.69) is 47.4 Å². The average molecular weight is 390 g/mol. The number of nitrogens with one attached hydrogen (secondary N) is 2. The normalized spacial score (nSPS) is 11.1. The molecule has 0 saturated heterocycles. The van der Waals surface area contributed by atoms with Crippen molar-refractivity contribution in [1.29, 1.82) is 0 Å². The summed E-state index contributed by atoms with van der Waals surface area (Å²) in [6.07, 6.45) is 0. The van der Waals surface area contributed by atoms with Crippen molar-refractivity contribution >= 4 is 23.1 Å². The van der Waals surface area contributed by atoms with Gasteiger partial charge in [-0.2, -0.15) is 0 Å². The van der Waals surface area contributed by atoms with Gasteiger partial charge in [0, 0.05) is 23.5 Å². The maximum absolute atomic E-state index is 12.7. The number of carbonyl (C=O) groups excluding carboxylic acids is 1. The van der Waals surface area contributed by atoms with Crippen molar-refractivity contribution in [2.24, 2.45) is 0 Å². The van der Waals surface area contributed by atoms with E-state index in [0.29, 0.717) is 23.1 Å². The molecule has 0 aliphatic rings. The third kappa shape index (κ3) is 5.10. The van der Waals surface area contributed by atoms with Crippen molar-refractivity contribution in [2.75, 3.05) is 17.7 Å². The van der Waals surface area contributed by atoms with Gasteiger partial charge in [0.2, 0.25) is 0 Å². The first kappa shape index (κ1) is 20.3. The molecule has 0 radical (unpaired) electrons. The van der Waals surface area contributed by atoms with Crippen molar-refractivity contribution < 1.29 is 9.53 Å². The maximum atomic E-state index is 12.7. The first-order chi connectivity index (χ1) is 13.8. The molecule has 3 aromatic rings. The Bertz CT molecular complexity index is 1030. The molecule has 0 fully saturated rings. The minimum Gasteiger partial charge on any atom is -0.497 e. The van der Waals surface area contributed by atoms with Gasteiger partial charge in [-0.05, 0) is 36.1 Å². The van der Waals surface area contributed by atoms with Gasteiger partial charge in [-0.25, -0.2) is 9.97 Å². The summed E-state index contributed by atoms with van der Waals surface area (Å²) >= 11 is 0. The Labute approximate surface area is 171 Å². The molecular weight excluding hydrogens is 364 g/mol. The fraction of sp³-hybridized carbons (Fsp3) is 0.261. The number of methoxy groups -OCH3 is 1. The molecule has 0 unspecified atom stereocenters. The van der Waals surface area contributed by atoms with Crippen LogP contribution in [0.3, 0.4) is 0 Å². The molecule has 6 nitrogen and oxygen atoms in total. The number of anilines is 3. The van der Waals surface area contributed by atoms with Crippen LogP contribution in [0, 0.1) is 6.92 Å². The molecule has 6 heteroatoms. The van der Waals surface area contributed by atoms with E-state index >= 15 is 0 Å². The van der Waals surface area contributed by atoms with E-state index in [-0.39, 0.29) is 17.0 Å². The van der Waals surface area contributed by atoms with Crippen LogP contribution in [0.25, 0.3) is 0 Å². The molecule has 0 aliphatic carbocycles. The van der Waals surface area contributed by atoms with Gasteiger partial charge in [0.15, 0.2) is 0 Å². The lowest BCUT2D eigenvalue weighted by molar-refractivity contribution is 0.102. The van der Waals surface area contributed by atoms with E-state index in [9.17, 15) is 4.79 Å². The van der Waals surface area contributed by atoms with Crippen LogP contribution in [0.15, 0.2) is 54.6 Å². The van der Waals surface area contributed by atoms with Crippen LogP contribution in [-0.2, 0) is 5.41 Å². The smallest absolute Gasteiger partial charge is 0.274 e. The molecule has 0 atom stereocenters. The number of aryl methyl sites for hydroxylation is 1. The number of rotatable bonds is 5. The lowest BCUT2D eigenvalue weighted by Crippen LogP contribution is -2.16. The zero-order chi connectivity index (χ0) is 21.0. The zero-order valence-electron chi connectivity index (χ0n) is 17.4. The van der Waals surface area contributed by atoms with Gasteiger partial charge in [-0.3, -0.25) is 4.79 Å². The zero-order valence-corrected chi connectivity index (χ0v) is 17.4. The topological polar surface area (TPSA) is 76.1 Å². The summed E-state index contributed by atoms with van der Waals surface area (Å²) in [6.45, 7) is 8.24. The SMILES string of the molecule is COc1cccc(NC(=O)c2cc(Nc3ccccc3C(C)(C)C)nc(C)n2)c1. The number of benzene rings is 2. The minimum absolute atomic E-state index is 0.0295. The van der Waals surface area contributed by atoms with Crippen LogP contribution in [0.2, 0.25) is 0 Å². The number of ether oxygens (including phenoxy) is 1. The second-order valence-electron chi connectivity index (χ2n) is 7.79. The Hall–Kier alpha value is -3.41. The van der Waals surface area contributed by atoms with Crippen molar-refractivity contribution in [3.63, 3.8) is 0 Å². The summed E-state index contributed by atoms with van der Waals surface area (Å²) in [5, 5.41) is 6.20. The number of carbonyl (C=O) groups is 1. The molecule has 2 N–H and O–H groups in total. The van der Waals surface area contributed by atoms with E-state index in [1.54, 1.807) is 32.2 Å². The second-order valence-corrected chi connectivity index (χ2v) is 7.79. The van der Waals surface area contributed by atoms with E-state index < -0.39 is 0 Å². The van der Waals surface area contributed by atoms with E-state index in [0.717, 1.165) is 5.69 Å². The highest BCUT2D eigenvalue weighted by Gasteiger charge is 2.18. The van der Waals surface area contributed by atoms with Gasteiger partial charge in [0.25, 0.3) is 5.91 Å². The van der Waals surface area contributed by atoms with E-state index in [4.69, 9.17) is 4.74 Å². The van der Waals surface area contributed by atoms with Gasteiger partial charge in [0.1, 0.15) is 23.1 Å². The first-order valence-electron chi connectivity index (χ1n) is 9.44. The lowest BCUT2D eigenvalue weighted by Gasteiger charge is -2.23. The predicted octanol–water partition coefficient (Wildman–Crippen LogP) is 5.09. The van der Waals surface area contributed by atoms with Crippen LogP contribution in [0.1, 0.15) is 42.6 Å². The van der Waals surface area contributed by atoms with Crippen LogP contribution >= 0.6 is 0 Å². The van der Waals surface area contributed by atoms with Crippen molar-refractivity contribution in [2.45, 2.75) is 33.1 Å². The minimum atomic E-state index is -0.309. The molecule has 29 heavy (non-hydrogen) atoms. The molecule has 150 valence electrons. The molecular formula is C23H26N4O2. The predicted molar refractivity (Wildman–Crippen MR) is 116 cm³/mol. The highest BCUT2D eigenvalue weighted by Crippen LogP contribution is 2.31. The molecule has 2 aromatic carbocycles. The van der Waals surface area contributed by atoms with Crippen molar-refractivity contribution in [1.82, 2.24) is 9.97 Å². The van der Waals surface area contributed by atoms with Gasteiger partial charge in [0.05, 0.1) is 7.11 Å². The first-order valence-corrected chi connectivity index (χ1v) is 9.44. The van der Waals surface area contributed by atoms with Crippen LogP contribution in [0.4, 0.5) is 17.2 Å². The number of hydrogen-bond donors (Lipinski definition) is 2. The Morgan fingerprint density at radius 2 is 1.76 bits per heavy atom. The van der Waals surface area contributed by atoms with Crippen LogP contribution in [-0.4, -0.2) is 23.0 Å².